The van der Waals surface area contributed by atoms with Crippen molar-refractivity contribution < 1.29 is 9.53 Å². The van der Waals surface area contributed by atoms with Crippen LogP contribution in [0.15, 0.2) is 12.2 Å². The summed E-state index contributed by atoms with van der Waals surface area (Å²) in [6, 6.07) is 0. The van der Waals surface area contributed by atoms with Crippen molar-refractivity contribution in [1.82, 2.24) is 5.32 Å². The zero-order valence-corrected chi connectivity index (χ0v) is 7.09. The zero-order valence-electron chi connectivity index (χ0n) is 7.09. The van der Waals surface area contributed by atoms with Gasteiger partial charge in [0.15, 0.2) is 0 Å². The Morgan fingerprint density at radius 3 is 2.82 bits per heavy atom. The Morgan fingerprint density at radius 2 is 2.27 bits per heavy atom. The minimum absolute atomic E-state index is 0.167. The van der Waals surface area contributed by atoms with Crippen molar-refractivity contribution in [3.8, 4) is 0 Å². The SMILES string of the molecule is CCOC(=O)C/C=C/CNC. The van der Waals surface area contributed by atoms with Gasteiger partial charge in [-0.25, -0.2) is 0 Å². The van der Waals surface area contributed by atoms with Crippen molar-refractivity contribution >= 4 is 5.97 Å². The second-order valence-electron chi connectivity index (χ2n) is 2.04. The Balaban J connectivity index is 3.29. The van der Waals surface area contributed by atoms with E-state index in [2.05, 4.69) is 5.32 Å². The highest BCUT2D eigenvalue weighted by Crippen LogP contribution is 1.87. The quantitative estimate of drug-likeness (QED) is 0.472. The number of esters is 1. The van der Waals surface area contributed by atoms with Crippen LogP contribution >= 0.6 is 0 Å². The van der Waals surface area contributed by atoms with Gasteiger partial charge in [-0.15, -0.1) is 0 Å². The Labute approximate surface area is 67.4 Å². The summed E-state index contributed by atoms with van der Waals surface area (Å²) < 4.78 is 4.71. The molecule has 0 aromatic carbocycles. The molecule has 0 aromatic heterocycles. The predicted octanol–water partition coefficient (Wildman–Crippen LogP) is 0.715. The summed E-state index contributed by atoms with van der Waals surface area (Å²) in [6.45, 7) is 3.05. The van der Waals surface area contributed by atoms with Gasteiger partial charge in [-0.05, 0) is 14.0 Å². The molecule has 0 heterocycles. The van der Waals surface area contributed by atoms with Gasteiger partial charge >= 0.3 is 5.97 Å². The third-order valence-corrected chi connectivity index (χ3v) is 1.08. The summed E-state index contributed by atoms with van der Waals surface area (Å²) in [7, 11) is 1.86. The molecule has 1 N–H and O–H groups in total. The highest BCUT2D eigenvalue weighted by molar-refractivity contribution is 5.71. The Morgan fingerprint density at radius 1 is 1.55 bits per heavy atom. The standard InChI is InChI=1S/C8H15NO2/c1-3-11-8(10)6-4-5-7-9-2/h4-5,9H,3,6-7H2,1-2H3/b5-4+. The third kappa shape index (κ3) is 7.06. The molecular weight excluding hydrogens is 142 g/mol. The van der Waals surface area contributed by atoms with Crippen molar-refractivity contribution in [2.75, 3.05) is 20.2 Å². The molecule has 0 radical (unpaired) electrons. The van der Waals surface area contributed by atoms with E-state index in [1.165, 1.54) is 0 Å². The van der Waals surface area contributed by atoms with Crippen LogP contribution in [0, 0.1) is 0 Å². The first-order valence-corrected chi connectivity index (χ1v) is 3.76. The van der Waals surface area contributed by atoms with Crippen molar-refractivity contribution in [3.63, 3.8) is 0 Å². The second kappa shape index (κ2) is 7.28. The lowest BCUT2D eigenvalue weighted by Gasteiger charge is -1.96. The monoisotopic (exact) mass is 157 g/mol. The maximum absolute atomic E-state index is 10.7. The summed E-state index contributed by atoms with van der Waals surface area (Å²) in [4.78, 5) is 10.7. The van der Waals surface area contributed by atoms with E-state index in [1.54, 1.807) is 13.0 Å². The minimum atomic E-state index is -0.167. The minimum Gasteiger partial charge on any atom is -0.466 e. The van der Waals surface area contributed by atoms with E-state index < -0.39 is 0 Å². The molecular formula is C8H15NO2. The summed E-state index contributed by atoms with van der Waals surface area (Å²) >= 11 is 0. The summed E-state index contributed by atoms with van der Waals surface area (Å²) in [5.41, 5.74) is 0. The molecule has 0 aliphatic carbocycles. The van der Waals surface area contributed by atoms with Crippen LogP contribution in [-0.4, -0.2) is 26.2 Å². The molecule has 0 amide bonds. The number of carbonyl (C=O) groups is 1. The number of carbonyl (C=O) groups excluding carboxylic acids is 1. The molecule has 3 heteroatoms. The maximum Gasteiger partial charge on any atom is 0.309 e. The van der Waals surface area contributed by atoms with Gasteiger partial charge in [0.1, 0.15) is 0 Å². The normalized spacial score (nSPS) is 10.4. The molecule has 0 aliphatic rings. The van der Waals surface area contributed by atoms with E-state index in [-0.39, 0.29) is 5.97 Å². The topological polar surface area (TPSA) is 38.3 Å². The molecule has 64 valence electrons. The summed E-state index contributed by atoms with van der Waals surface area (Å²) in [6.07, 6.45) is 4.07. The summed E-state index contributed by atoms with van der Waals surface area (Å²) in [5, 5.41) is 2.93. The Hall–Kier alpha value is -0.830. The van der Waals surface area contributed by atoms with Crippen molar-refractivity contribution in [3.05, 3.63) is 12.2 Å². The van der Waals surface area contributed by atoms with E-state index >= 15 is 0 Å². The molecule has 11 heavy (non-hydrogen) atoms. The maximum atomic E-state index is 10.7. The average molecular weight is 157 g/mol. The highest BCUT2D eigenvalue weighted by Gasteiger charge is 1.94. The molecule has 0 aromatic rings. The largest absolute Gasteiger partial charge is 0.466 e. The Bertz CT molecular complexity index is 132. The van der Waals surface area contributed by atoms with Crippen LogP contribution in [-0.2, 0) is 9.53 Å². The van der Waals surface area contributed by atoms with Crippen LogP contribution in [0.25, 0.3) is 0 Å². The van der Waals surface area contributed by atoms with E-state index in [4.69, 9.17) is 4.74 Å². The van der Waals surface area contributed by atoms with Gasteiger partial charge in [0.05, 0.1) is 13.0 Å². The lowest BCUT2D eigenvalue weighted by molar-refractivity contribution is -0.142. The van der Waals surface area contributed by atoms with Crippen molar-refractivity contribution in [2.24, 2.45) is 0 Å². The predicted molar refractivity (Wildman–Crippen MR) is 44.3 cm³/mol. The fourth-order valence-electron chi connectivity index (χ4n) is 0.601. The highest BCUT2D eigenvalue weighted by atomic mass is 16.5. The van der Waals surface area contributed by atoms with E-state index in [9.17, 15) is 4.79 Å². The third-order valence-electron chi connectivity index (χ3n) is 1.08. The van der Waals surface area contributed by atoms with Gasteiger partial charge in [-0.1, -0.05) is 12.2 Å². The molecule has 0 spiro atoms. The van der Waals surface area contributed by atoms with Crippen LogP contribution in [0.2, 0.25) is 0 Å². The lowest BCUT2D eigenvalue weighted by atomic mass is 10.4. The van der Waals surface area contributed by atoms with Gasteiger partial charge in [-0.3, -0.25) is 4.79 Å². The van der Waals surface area contributed by atoms with Crippen LogP contribution in [0.5, 0.6) is 0 Å². The van der Waals surface area contributed by atoms with Crippen molar-refractivity contribution in [2.45, 2.75) is 13.3 Å². The van der Waals surface area contributed by atoms with Gasteiger partial charge in [0.2, 0.25) is 0 Å². The first kappa shape index (κ1) is 10.2. The molecule has 0 rings (SSSR count). The molecule has 0 bridgehead atoms. The van der Waals surface area contributed by atoms with Gasteiger partial charge in [0, 0.05) is 6.54 Å². The fourth-order valence-corrected chi connectivity index (χ4v) is 0.601. The van der Waals surface area contributed by atoms with Crippen molar-refractivity contribution in [1.29, 1.82) is 0 Å². The smallest absolute Gasteiger partial charge is 0.309 e. The van der Waals surface area contributed by atoms with Crippen LogP contribution in [0.3, 0.4) is 0 Å². The number of likely N-dealkylation sites (N-methyl/N-ethyl adjacent to an activating group) is 1. The molecule has 3 nitrogen and oxygen atoms in total. The first-order chi connectivity index (χ1) is 5.31. The number of ether oxygens (including phenoxy) is 1. The number of hydrogen-bond donors (Lipinski definition) is 1. The van der Waals surface area contributed by atoms with Crippen LogP contribution in [0.4, 0.5) is 0 Å². The molecule has 0 saturated heterocycles. The van der Waals surface area contributed by atoms with Gasteiger partial charge < -0.3 is 10.1 Å². The van der Waals surface area contributed by atoms with E-state index in [0.717, 1.165) is 6.54 Å². The number of hydrogen-bond acceptors (Lipinski definition) is 3. The summed E-state index contributed by atoms with van der Waals surface area (Å²) in [5.74, 6) is -0.167. The molecule has 0 atom stereocenters. The van der Waals surface area contributed by atoms with E-state index in [0.29, 0.717) is 13.0 Å². The second-order valence-corrected chi connectivity index (χ2v) is 2.04. The Kier molecular flexibility index (Phi) is 6.73. The number of nitrogens with one attached hydrogen (secondary N) is 1. The van der Waals surface area contributed by atoms with Crippen LogP contribution in [0.1, 0.15) is 13.3 Å². The fraction of sp³-hybridized carbons (Fsp3) is 0.625. The average Bonchev–Trinajstić information content (AvgIpc) is 1.99. The molecule has 0 saturated carbocycles. The first-order valence-electron chi connectivity index (χ1n) is 3.76. The number of rotatable bonds is 5. The zero-order chi connectivity index (χ0) is 8.53. The molecule has 0 unspecified atom stereocenters. The lowest BCUT2D eigenvalue weighted by Crippen LogP contribution is -2.05. The molecule has 0 fully saturated rings. The van der Waals surface area contributed by atoms with Gasteiger partial charge in [0.25, 0.3) is 0 Å². The molecule has 0 aliphatic heterocycles. The van der Waals surface area contributed by atoms with E-state index in [1.807, 2.05) is 13.1 Å². The van der Waals surface area contributed by atoms with Gasteiger partial charge in [-0.2, -0.15) is 0 Å². The van der Waals surface area contributed by atoms with Crippen LogP contribution < -0.4 is 5.32 Å².